The maximum atomic E-state index is 14.6. The largest absolute Gasteiger partial charge is 0.456 e. The van der Waals surface area contributed by atoms with Crippen LogP contribution in [0.15, 0.2) is 42.7 Å². The third kappa shape index (κ3) is 6.00. The van der Waals surface area contributed by atoms with Gasteiger partial charge in [-0.05, 0) is 38.0 Å². The zero-order valence-electron chi connectivity index (χ0n) is 25.2. The lowest BCUT2D eigenvalue weighted by molar-refractivity contribution is -0.131. The van der Waals surface area contributed by atoms with E-state index in [2.05, 4.69) is 16.3 Å². The highest BCUT2D eigenvalue weighted by molar-refractivity contribution is 6.36. The van der Waals surface area contributed by atoms with Gasteiger partial charge in [0.2, 0.25) is 6.54 Å². The second kappa shape index (κ2) is 12.7. The Morgan fingerprint density at radius 3 is 2.78 bits per heavy atom. The molecule has 2 saturated heterocycles. The topological polar surface area (TPSA) is 78.6 Å². The Morgan fingerprint density at radius 1 is 1.20 bits per heavy atom. The molecular formula is C32H34ClF2N7O3. The molecule has 3 aliphatic rings. The number of fused-ring (bicyclic) bond motifs is 2. The molecule has 6 rings (SSSR count). The predicted molar refractivity (Wildman–Crippen MR) is 168 cm³/mol. The van der Waals surface area contributed by atoms with Crippen LogP contribution >= 0.6 is 11.6 Å². The number of hydrogen-bond donors (Lipinski definition) is 0. The maximum absolute atomic E-state index is 14.6. The SMILES string of the molecule is [C-]#[N+]C[C@H]1CN(c2nc(O[C@@H]3COC[C@H]3N(C)C)nc3c2CCN(c2cccc4ccc(F)c(Cl)c24)C3)CCN1C(=O)C(=C)F. The second-order valence-corrected chi connectivity index (χ2v) is 12.1. The molecule has 1 aromatic heterocycles. The first-order chi connectivity index (χ1) is 21.7. The fourth-order valence-electron chi connectivity index (χ4n) is 6.45. The van der Waals surface area contributed by atoms with Crippen molar-refractivity contribution in [1.82, 2.24) is 19.8 Å². The van der Waals surface area contributed by atoms with Gasteiger partial charge in [-0.2, -0.15) is 9.97 Å². The van der Waals surface area contributed by atoms with Gasteiger partial charge in [0.25, 0.3) is 5.91 Å². The normalized spacial score (nSPS) is 21.6. The Labute approximate surface area is 265 Å². The minimum absolute atomic E-state index is 0.0161. The number of piperazine rings is 1. The third-order valence-electron chi connectivity index (χ3n) is 8.77. The summed E-state index contributed by atoms with van der Waals surface area (Å²) in [6.45, 7) is 13.4. The summed E-state index contributed by atoms with van der Waals surface area (Å²) in [7, 11) is 3.93. The van der Waals surface area contributed by atoms with Gasteiger partial charge >= 0.3 is 6.01 Å². The number of anilines is 2. The van der Waals surface area contributed by atoms with Crippen molar-refractivity contribution < 1.29 is 23.0 Å². The Kier molecular flexibility index (Phi) is 8.77. The minimum atomic E-state index is -1.05. The summed E-state index contributed by atoms with van der Waals surface area (Å²) in [5, 5.41) is 1.55. The van der Waals surface area contributed by atoms with Crippen molar-refractivity contribution in [2.45, 2.75) is 31.2 Å². The number of benzene rings is 2. The molecule has 10 nitrogen and oxygen atoms in total. The monoisotopic (exact) mass is 637 g/mol. The zero-order valence-corrected chi connectivity index (χ0v) is 25.9. The number of ether oxygens (including phenoxy) is 2. The molecule has 2 aromatic carbocycles. The summed E-state index contributed by atoms with van der Waals surface area (Å²) >= 11 is 6.48. The molecule has 0 spiro atoms. The highest BCUT2D eigenvalue weighted by Gasteiger charge is 2.37. The van der Waals surface area contributed by atoms with Gasteiger partial charge in [0, 0.05) is 42.8 Å². The molecule has 45 heavy (non-hydrogen) atoms. The average molecular weight is 638 g/mol. The lowest BCUT2D eigenvalue weighted by Gasteiger charge is -2.41. The molecule has 0 bridgehead atoms. The fourth-order valence-corrected chi connectivity index (χ4v) is 6.72. The van der Waals surface area contributed by atoms with Gasteiger partial charge in [-0.15, -0.1) is 0 Å². The molecule has 0 unspecified atom stereocenters. The van der Waals surface area contributed by atoms with Crippen molar-refractivity contribution >= 4 is 39.8 Å². The summed E-state index contributed by atoms with van der Waals surface area (Å²) in [5.74, 6) is -1.66. The van der Waals surface area contributed by atoms with E-state index in [-0.39, 0.29) is 36.3 Å². The van der Waals surface area contributed by atoms with Crippen molar-refractivity contribution in [2.75, 3.05) is 69.8 Å². The number of hydrogen-bond acceptors (Lipinski definition) is 8. The molecule has 0 aliphatic carbocycles. The summed E-state index contributed by atoms with van der Waals surface area (Å²) in [5.41, 5.74) is 2.49. The molecule has 0 saturated carbocycles. The smallest absolute Gasteiger partial charge is 0.319 e. The van der Waals surface area contributed by atoms with Gasteiger partial charge in [-0.25, -0.2) is 15.4 Å². The van der Waals surface area contributed by atoms with Crippen molar-refractivity contribution in [3.63, 3.8) is 0 Å². The molecule has 2 fully saturated rings. The molecule has 3 atom stereocenters. The van der Waals surface area contributed by atoms with E-state index in [9.17, 15) is 13.6 Å². The van der Waals surface area contributed by atoms with Crippen LogP contribution in [0.25, 0.3) is 15.6 Å². The summed E-state index contributed by atoms with van der Waals surface area (Å²) < 4.78 is 40.5. The average Bonchev–Trinajstić information content (AvgIpc) is 3.50. The van der Waals surface area contributed by atoms with E-state index in [0.29, 0.717) is 57.0 Å². The molecule has 4 heterocycles. The Morgan fingerprint density at radius 2 is 2.02 bits per heavy atom. The van der Waals surface area contributed by atoms with Crippen molar-refractivity contribution in [3.05, 3.63) is 76.3 Å². The van der Waals surface area contributed by atoms with Crippen LogP contribution in [-0.2, 0) is 22.5 Å². The van der Waals surface area contributed by atoms with E-state index < -0.39 is 23.6 Å². The highest BCUT2D eigenvalue weighted by Crippen LogP contribution is 2.38. The quantitative estimate of drug-likeness (QED) is 0.283. The Balaban J connectivity index is 1.38. The van der Waals surface area contributed by atoms with Crippen LogP contribution in [0.3, 0.4) is 0 Å². The van der Waals surface area contributed by atoms with Crippen molar-refractivity contribution in [1.29, 1.82) is 0 Å². The lowest BCUT2D eigenvalue weighted by Crippen LogP contribution is -2.57. The van der Waals surface area contributed by atoms with E-state index >= 15 is 0 Å². The number of nitrogens with zero attached hydrogens (tertiary/aromatic N) is 7. The van der Waals surface area contributed by atoms with Crippen LogP contribution in [-0.4, -0.2) is 104 Å². The van der Waals surface area contributed by atoms with E-state index in [4.69, 9.17) is 37.6 Å². The zero-order chi connectivity index (χ0) is 31.8. The number of halogens is 3. The van der Waals surface area contributed by atoms with Crippen molar-refractivity contribution in [2.24, 2.45) is 0 Å². The van der Waals surface area contributed by atoms with E-state index in [1.165, 1.54) is 11.0 Å². The number of likely N-dealkylation sites (N-methyl/N-ethyl adjacent to an activating group) is 1. The molecule has 13 heteroatoms. The Hall–Kier alpha value is -4.05. The molecule has 0 radical (unpaired) electrons. The van der Waals surface area contributed by atoms with Crippen LogP contribution < -0.4 is 14.5 Å². The van der Waals surface area contributed by atoms with Gasteiger partial charge in [0.05, 0.1) is 36.5 Å². The van der Waals surface area contributed by atoms with Crippen molar-refractivity contribution in [3.8, 4) is 6.01 Å². The Bertz CT molecular complexity index is 1680. The number of carbonyl (C=O) groups excluding carboxylic acids is 1. The molecule has 3 aliphatic heterocycles. The number of amides is 1. The first kappa shape index (κ1) is 31.0. The first-order valence-electron chi connectivity index (χ1n) is 14.8. The fraction of sp³-hybridized carbons (Fsp3) is 0.438. The van der Waals surface area contributed by atoms with Crippen LogP contribution in [0.4, 0.5) is 20.3 Å². The third-order valence-corrected chi connectivity index (χ3v) is 9.14. The van der Waals surface area contributed by atoms with Gasteiger partial charge in [0.1, 0.15) is 23.8 Å². The molecule has 236 valence electrons. The van der Waals surface area contributed by atoms with Crippen LogP contribution in [0.5, 0.6) is 6.01 Å². The lowest BCUT2D eigenvalue weighted by atomic mass is 10.0. The van der Waals surface area contributed by atoms with Gasteiger partial charge < -0.3 is 33.9 Å². The second-order valence-electron chi connectivity index (χ2n) is 11.7. The minimum Gasteiger partial charge on any atom is -0.456 e. The molecule has 3 aromatic rings. The summed E-state index contributed by atoms with van der Waals surface area (Å²) in [4.78, 5) is 33.4. The van der Waals surface area contributed by atoms with Crippen LogP contribution in [0, 0.1) is 12.4 Å². The van der Waals surface area contributed by atoms with Gasteiger partial charge in [0.15, 0.2) is 5.83 Å². The molecular weight excluding hydrogens is 604 g/mol. The summed E-state index contributed by atoms with van der Waals surface area (Å²) in [6, 6.07) is 8.52. The number of carbonyl (C=O) groups is 1. The number of rotatable bonds is 7. The van der Waals surface area contributed by atoms with Gasteiger partial charge in [-0.1, -0.05) is 36.4 Å². The van der Waals surface area contributed by atoms with E-state index in [0.717, 1.165) is 22.3 Å². The molecule has 0 N–H and O–H groups in total. The highest BCUT2D eigenvalue weighted by atomic mass is 35.5. The summed E-state index contributed by atoms with van der Waals surface area (Å²) in [6.07, 6.45) is 0.292. The predicted octanol–water partition coefficient (Wildman–Crippen LogP) is 4.11. The standard InChI is InChI=1S/C32H34ClF2N7O3/c1-19(34)31(43)42-13-12-41(15-21(42)14-36-2)30-22-10-11-40(25-7-5-6-20-8-9-23(35)29(33)28(20)25)16-24(22)37-32(38-30)45-27-18-44-17-26(27)39(3)4/h5-9,21,26-27H,1,10-18H2,3-4H3/t21-,26+,27+/m0/s1. The van der Waals surface area contributed by atoms with Crippen LogP contribution in [0.1, 0.15) is 11.3 Å². The first-order valence-corrected chi connectivity index (χ1v) is 15.2. The van der Waals surface area contributed by atoms with Gasteiger partial charge in [-0.3, -0.25) is 4.79 Å². The van der Waals surface area contributed by atoms with E-state index in [1.54, 1.807) is 6.07 Å². The van der Waals surface area contributed by atoms with E-state index in [1.807, 2.05) is 42.1 Å². The molecule has 1 amide bonds. The maximum Gasteiger partial charge on any atom is 0.319 e. The van der Waals surface area contributed by atoms with Crippen LogP contribution in [0.2, 0.25) is 5.02 Å². The number of aromatic nitrogens is 2.